The zero-order valence-corrected chi connectivity index (χ0v) is 13.5. The van der Waals surface area contributed by atoms with Crippen molar-refractivity contribution in [2.75, 3.05) is 5.75 Å². The van der Waals surface area contributed by atoms with E-state index in [-0.39, 0.29) is 17.0 Å². The van der Waals surface area contributed by atoms with Crippen molar-refractivity contribution in [1.82, 2.24) is 9.30 Å². The molecular formula is C16H15N3O3S. The van der Waals surface area contributed by atoms with Crippen molar-refractivity contribution in [2.24, 2.45) is 0 Å². The number of β-lactam (4-membered cyclic amide) rings is 1. The van der Waals surface area contributed by atoms with E-state index in [2.05, 4.69) is 0 Å². The summed E-state index contributed by atoms with van der Waals surface area (Å²) in [6.45, 7) is 3.84. The number of thioether (sulfide) groups is 1. The first-order valence-electron chi connectivity index (χ1n) is 7.31. The van der Waals surface area contributed by atoms with E-state index in [1.54, 1.807) is 17.8 Å². The molecule has 0 aromatic carbocycles. The van der Waals surface area contributed by atoms with E-state index in [4.69, 9.17) is 0 Å². The minimum absolute atomic E-state index is 0.0155. The standard InChI is InChI=1S/C16H15N3O3S/c1-10-11-4-3-6-17(11)7-8-18(10)16(2)14(22)19-12(13(20)21)5-9-23-15(16)19/h3-8,15H,9H2,1-2H3/t15-,16?/m0/s1. The molecule has 2 aliphatic rings. The fourth-order valence-electron chi connectivity index (χ4n) is 3.54. The van der Waals surface area contributed by atoms with Gasteiger partial charge < -0.3 is 14.3 Å². The molecule has 1 saturated heterocycles. The van der Waals surface area contributed by atoms with Crippen molar-refractivity contribution in [3.05, 3.63) is 48.2 Å². The van der Waals surface area contributed by atoms with Crippen LogP contribution in [0.25, 0.3) is 5.52 Å². The van der Waals surface area contributed by atoms with Crippen LogP contribution in [0.4, 0.5) is 0 Å². The second-order valence-corrected chi connectivity index (χ2v) is 7.05. The maximum Gasteiger partial charge on any atom is 0.303 e. The number of nitrogens with zero attached hydrogens (tertiary/aromatic N) is 3. The lowest BCUT2D eigenvalue weighted by atomic mass is 9.88. The zero-order valence-electron chi connectivity index (χ0n) is 12.7. The molecule has 0 bridgehead atoms. The summed E-state index contributed by atoms with van der Waals surface area (Å²) in [5.41, 5.74) is 1.18. The van der Waals surface area contributed by atoms with Crippen LogP contribution in [-0.4, -0.2) is 32.3 Å². The molecule has 118 valence electrons. The molecule has 0 N–H and O–H groups in total. The number of carbonyl (C=O) groups excluding carboxylic acids is 2. The van der Waals surface area contributed by atoms with Gasteiger partial charge in [0.25, 0.3) is 5.54 Å². The van der Waals surface area contributed by atoms with Gasteiger partial charge in [-0.25, -0.2) is 0 Å². The summed E-state index contributed by atoms with van der Waals surface area (Å²) in [5.74, 6) is -0.955. The van der Waals surface area contributed by atoms with Crippen LogP contribution in [0.1, 0.15) is 12.6 Å². The molecule has 0 aliphatic carbocycles. The number of carboxylic acid groups (broad SMARTS) is 1. The van der Waals surface area contributed by atoms with E-state index in [1.807, 2.05) is 53.5 Å². The minimum Gasteiger partial charge on any atom is -0.543 e. The number of carbonyl (C=O) groups is 2. The molecule has 0 radical (unpaired) electrons. The van der Waals surface area contributed by atoms with Gasteiger partial charge >= 0.3 is 5.91 Å². The first-order chi connectivity index (χ1) is 11.0. The smallest absolute Gasteiger partial charge is 0.303 e. The third kappa shape index (κ3) is 1.68. The van der Waals surface area contributed by atoms with Gasteiger partial charge in [-0.3, -0.25) is 9.69 Å². The van der Waals surface area contributed by atoms with Crippen LogP contribution >= 0.6 is 11.8 Å². The van der Waals surface area contributed by atoms with E-state index in [9.17, 15) is 14.7 Å². The molecule has 2 aromatic heterocycles. The first-order valence-corrected chi connectivity index (χ1v) is 8.36. The number of rotatable bonds is 2. The number of amides is 1. The number of hydrogen-bond donors (Lipinski definition) is 0. The van der Waals surface area contributed by atoms with E-state index in [0.29, 0.717) is 5.75 Å². The van der Waals surface area contributed by atoms with Crippen molar-refractivity contribution in [3.63, 3.8) is 0 Å². The Morgan fingerprint density at radius 1 is 1.48 bits per heavy atom. The van der Waals surface area contributed by atoms with Crippen molar-refractivity contribution < 1.29 is 19.3 Å². The monoisotopic (exact) mass is 329 g/mol. The number of aryl methyl sites for hydroxylation is 1. The van der Waals surface area contributed by atoms with Gasteiger partial charge in [-0.15, -0.1) is 11.8 Å². The summed E-state index contributed by atoms with van der Waals surface area (Å²) >= 11 is 1.57. The van der Waals surface area contributed by atoms with Crippen LogP contribution in [-0.2, 0) is 15.1 Å². The fraction of sp³-hybridized carbons (Fsp3) is 0.312. The average molecular weight is 329 g/mol. The lowest BCUT2D eigenvalue weighted by Crippen LogP contribution is -2.81. The minimum atomic E-state index is -1.30. The Morgan fingerprint density at radius 2 is 2.26 bits per heavy atom. The Hall–Kier alpha value is -2.28. The van der Waals surface area contributed by atoms with Gasteiger partial charge in [0.1, 0.15) is 5.52 Å². The number of aromatic nitrogens is 2. The topological polar surface area (TPSA) is 68.7 Å². The molecule has 0 saturated carbocycles. The van der Waals surface area contributed by atoms with Gasteiger partial charge in [-0.2, -0.15) is 4.57 Å². The molecule has 6 nitrogen and oxygen atoms in total. The Balaban J connectivity index is 1.83. The summed E-state index contributed by atoms with van der Waals surface area (Å²) in [6.07, 6.45) is 7.29. The Bertz CT molecular complexity index is 888. The van der Waals surface area contributed by atoms with Crippen molar-refractivity contribution in [2.45, 2.75) is 24.8 Å². The molecule has 1 fully saturated rings. The van der Waals surface area contributed by atoms with Gasteiger partial charge in [0.15, 0.2) is 11.6 Å². The van der Waals surface area contributed by atoms with Crippen LogP contribution < -0.4 is 9.67 Å². The predicted octanol–water partition coefficient (Wildman–Crippen LogP) is -0.201. The van der Waals surface area contributed by atoms with Crippen molar-refractivity contribution in [1.29, 1.82) is 0 Å². The number of carboxylic acids is 1. The summed E-state index contributed by atoms with van der Waals surface area (Å²) in [7, 11) is 0. The third-order valence-electron chi connectivity index (χ3n) is 4.75. The van der Waals surface area contributed by atoms with Crippen LogP contribution in [0.3, 0.4) is 0 Å². The van der Waals surface area contributed by atoms with E-state index in [1.165, 1.54) is 4.90 Å². The van der Waals surface area contributed by atoms with Crippen molar-refractivity contribution in [3.8, 4) is 0 Å². The van der Waals surface area contributed by atoms with Gasteiger partial charge in [0.05, 0.1) is 17.9 Å². The highest BCUT2D eigenvalue weighted by Gasteiger charge is 2.67. The van der Waals surface area contributed by atoms with Gasteiger partial charge in [0.2, 0.25) is 5.69 Å². The number of fused-ring (bicyclic) bond motifs is 2. The average Bonchev–Trinajstić information content (AvgIpc) is 3.03. The van der Waals surface area contributed by atoms with E-state index in [0.717, 1.165) is 11.2 Å². The summed E-state index contributed by atoms with van der Waals surface area (Å²) < 4.78 is 3.95. The molecular weight excluding hydrogens is 314 g/mol. The van der Waals surface area contributed by atoms with Crippen LogP contribution in [0, 0.1) is 6.92 Å². The fourth-order valence-corrected chi connectivity index (χ4v) is 4.88. The molecule has 4 rings (SSSR count). The van der Waals surface area contributed by atoms with Crippen molar-refractivity contribution >= 4 is 29.2 Å². The predicted molar refractivity (Wildman–Crippen MR) is 82.2 cm³/mol. The maximum atomic E-state index is 12.8. The van der Waals surface area contributed by atoms with Crippen LogP contribution in [0.2, 0.25) is 0 Å². The highest BCUT2D eigenvalue weighted by Crippen LogP contribution is 2.45. The molecule has 4 heterocycles. The molecule has 2 aromatic rings. The second kappa shape index (κ2) is 4.61. The Labute approximate surface area is 137 Å². The normalized spacial score (nSPS) is 26.7. The number of aliphatic carboxylic acids is 1. The lowest BCUT2D eigenvalue weighted by Gasteiger charge is -2.52. The Kier molecular flexibility index (Phi) is 2.87. The van der Waals surface area contributed by atoms with Gasteiger partial charge in [-0.05, 0) is 18.2 Å². The first kappa shape index (κ1) is 14.3. The second-order valence-electron chi connectivity index (χ2n) is 5.94. The third-order valence-corrected chi connectivity index (χ3v) is 6.10. The largest absolute Gasteiger partial charge is 0.543 e. The van der Waals surface area contributed by atoms with Gasteiger partial charge in [0, 0.05) is 25.8 Å². The SMILES string of the molecule is Cc1c2cccn2cc[n+]1C1(C)C(=O)N2C(C(=O)[O-])=CCS[C@H]21. The molecule has 1 unspecified atom stereocenters. The number of hydrogen-bond acceptors (Lipinski definition) is 4. The molecule has 23 heavy (non-hydrogen) atoms. The molecule has 1 amide bonds. The maximum absolute atomic E-state index is 12.8. The van der Waals surface area contributed by atoms with Crippen LogP contribution in [0.5, 0.6) is 0 Å². The van der Waals surface area contributed by atoms with E-state index < -0.39 is 11.5 Å². The molecule has 7 heteroatoms. The molecule has 2 atom stereocenters. The van der Waals surface area contributed by atoms with Gasteiger partial charge in [-0.1, -0.05) is 0 Å². The molecule has 2 aliphatic heterocycles. The van der Waals surface area contributed by atoms with E-state index >= 15 is 0 Å². The highest BCUT2D eigenvalue weighted by atomic mass is 32.2. The lowest BCUT2D eigenvalue weighted by molar-refractivity contribution is -0.760. The summed E-state index contributed by atoms with van der Waals surface area (Å²) in [6, 6.07) is 3.95. The summed E-state index contributed by atoms with van der Waals surface area (Å²) in [5, 5.41) is 11.0. The molecule has 0 spiro atoms. The Morgan fingerprint density at radius 3 is 3.00 bits per heavy atom. The highest BCUT2D eigenvalue weighted by molar-refractivity contribution is 8.00. The zero-order chi connectivity index (χ0) is 16.4. The summed E-state index contributed by atoms with van der Waals surface area (Å²) in [4.78, 5) is 25.4. The quantitative estimate of drug-likeness (QED) is 0.565. The van der Waals surface area contributed by atoms with Crippen LogP contribution in [0.15, 0.2) is 42.5 Å².